The van der Waals surface area contributed by atoms with E-state index >= 15 is 0 Å². The summed E-state index contributed by atoms with van der Waals surface area (Å²) in [4.78, 5) is 2.36. The molecule has 0 aliphatic carbocycles. The molecule has 0 saturated carbocycles. The van der Waals surface area contributed by atoms with Crippen LogP contribution in [0.15, 0.2) is 24.3 Å². The molecule has 1 aromatic rings. The average Bonchev–Trinajstić information content (AvgIpc) is 2.43. The molecule has 1 atom stereocenters. The number of nitrogens with two attached hydrogens (primary N) is 1. The largest absolute Gasteiger partial charge is 0.395 e. The molecular formula is C16H28N2O. The summed E-state index contributed by atoms with van der Waals surface area (Å²) in [6.45, 7) is 7.97. The van der Waals surface area contributed by atoms with Gasteiger partial charge in [0, 0.05) is 25.2 Å². The lowest BCUT2D eigenvalue weighted by Crippen LogP contribution is -2.42. The Bertz CT molecular complexity index is 364. The highest BCUT2D eigenvalue weighted by Gasteiger charge is 2.25. The highest BCUT2D eigenvalue weighted by Crippen LogP contribution is 2.26. The van der Waals surface area contributed by atoms with Crippen LogP contribution in [0.25, 0.3) is 0 Å². The van der Waals surface area contributed by atoms with Crippen LogP contribution < -0.4 is 5.73 Å². The van der Waals surface area contributed by atoms with Gasteiger partial charge in [0.05, 0.1) is 6.61 Å². The third-order valence-electron chi connectivity index (χ3n) is 3.94. The lowest BCUT2D eigenvalue weighted by molar-refractivity contribution is 0.0992. The van der Waals surface area contributed by atoms with Crippen molar-refractivity contribution >= 4 is 0 Å². The SMILES string of the molecule is CCC(CC)N(CCO)C(CN)c1ccccc1C. The molecule has 3 N–H and O–H groups in total. The second kappa shape index (κ2) is 8.31. The van der Waals surface area contributed by atoms with E-state index in [9.17, 15) is 5.11 Å². The van der Waals surface area contributed by atoms with Gasteiger partial charge in [0.2, 0.25) is 0 Å². The third-order valence-corrected chi connectivity index (χ3v) is 3.94. The average molecular weight is 264 g/mol. The summed E-state index contributed by atoms with van der Waals surface area (Å²) in [5, 5.41) is 9.35. The van der Waals surface area contributed by atoms with Gasteiger partial charge in [-0.1, -0.05) is 38.1 Å². The molecule has 0 spiro atoms. The monoisotopic (exact) mass is 264 g/mol. The molecule has 0 aliphatic heterocycles. The van der Waals surface area contributed by atoms with Crippen molar-refractivity contribution in [3.05, 3.63) is 35.4 Å². The van der Waals surface area contributed by atoms with E-state index in [0.717, 1.165) is 12.8 Å². The van der Waals surface area contributed by atoms with E-state index in [2.05, 4.69) is 49.9 Å². The second-order valence-electron chi connectivity index (χ2n) is 5.04. The van der Waals surface area contributed by atoms with Crippen molar-refractivity contribution in [3.63, 3.8) is 0 Å². The molecule has 1 aromatic carbocycles. The zero-order valence-corrected chi connectivity index (χ0v) is 12.5. The summed E-state index contributed by atoms with van der Waals surface area (Å²) >= 11 is 0. The number of rotatable bonds is 8. The van der Waals surface area contributed by atoms with Crippen LogP contribution in [0.5, 0.6) is 0 Å². The van der Waals surface area contributed by atoms with E-state index in [4.69, 9.17) is 5.73 Å². The maximum atomic E-state index is 9.35. The van der Waals surface area contributed by atoms with Crippen molar-refractivity contribution in [2.45, 2.75) is 45.7 Å². The van der Waals surface area contributed by atoms with Crippen LogP contribution in [0.1, 0.15) is 43.9 Å². The first-order valence-electron chi connectivity index (χ1n) is 7.31. The second-order valence-corrected chi connectivity index (χ2v) is 5.04. The van der Waals surface area contributed by atoms with Gasteiger partial charge in [0.25, 0.3) is 0 Å². The van der Waals surface area contributed by atoms with Crippen LogP contribution in [0.4, 0.5) is 0 Å². The van der Waals surface area contributed by atoms with Crippen molar-refractivity contribution in [2.24, 2.45) is 5.73 Å². The molecule has 19 heavy (non-hydrogen) atoms. The lowest BCUT2D eigenvalue weighted by Gasteiger charge is -2.37. The zero-order chi connectivity index (χ0) is 14.3. The molecule has 1 rings (SSSR count). The molecule has 0 heterocycles. The summed E-state index contributed by atoms with van der Waals surface area (Å²) in [5.41, 5.74) is 8.58. The normalized spacial score (nSPS) is 13.2. The number of nitrogens with zero attached hydrogens (tertiary/aromatic N) is 1. The van der Waals surface area contributed by atoms with Gasteiger partial charge in [-0.05, 0) is 30.9 Å². The van der Waals surface area contributed by atoms with Crippen molar-refractivity contribution in [1.82, 2.24) is 4.90 Å². The molecule has 3 nitrogen and oxygen atoms in total. The van der Waals surface area contributed by atoms with E-state index in [-0.39, 0.29) is 12.6 Å². The Morgan fingerprint density at radius 3 is 2.32 bits per heavy atom. The van der Waals surface area contributed by atoms with Gasteiger partial charge < -0.3 is 10.8 Å². The predicted molar refractivity (Wildman–Crippen MR) is 81.1 cm³/mol. The van der Waals surface area contributed by atoms with Gasteiger partial charge in [0.15, 0.2) is 0 Å². The van der Waals surface area contributed by atoms with Crippen LogP contribution in [-0.2, 0) is 0 Å². The maximum absolute atomic E-state index is 9.35. The third kappa shape index (κ3) is 4.03. The van der Waals surface area contributed by atoms with E-state index in [0.29, 0.717) is 19.1 Å². The van der Waals surface area contributed by atoms with Crippen molar-refractivity contribution < 1.29 is 5.11 Å². The molecule has 1 unspecified atom stereocenters. The maximum Gasteiger partial charge on any atom is 0.0558 e. The summed E-state index contributed by atoms with van der Waals surface area (Å²) in [6, 6.07) is 9.06. The first-order valence-corrected chi connectivity index (χ1v) is 7.31. The summed E-state index contributed by atoms with van der Waals surface area (Å²) < 4.78 is 0. The van der Waals surface area contributed by atoms with Crippen molar-refractivity contribution in [2.75, 3.05) is 19.7 Å². The number of hydrogen-bond acceptors (Lipinski definition) is 3. The minimum absolute atomic E-state index is 0.179. The topological polar surface area (TPSA) is 49.5 Å². The molecule has 3 heteroatoms. The quantitative estimate of drug-likeness (QED) is 0.758. The summed E-state index contributed by atoms with van der Waals surface area (Å²) in [6.07, 6.45) is 2.16. The Kier molecular flexibility index (Phi) is 7.06. The van der Waals surface area contributed by atoms with Crippen LogP contribution >= 0.6 is 0 Å². The standard InChI is InChI=1S/C16H28N2O/c1-4-14(5-2)18(10-11-19)16(12-17)15-9-7-6-8-13(15)3/h6-9,14,16,19H,4-5,10-12,17H2,1-3H3. The van der Waals surface area contributed by atoms with Crippen molar-refractivity contribution in [3.8, 4) is 0 Å². The Morgan fingerprint density at radius 1 is 1.21 bits per heavy atom. The van der Waals surface area contributed by atoms with E-state index in [1.807, 2.05) is 0 Å². The Morgan fingerprint density at radius 2 is 1.84 bits per heavy atom. The number of hydrogen-bond donors (Lipinski definition) is 2. The molecule has 0 saturated heterocycles. The zero-order valence-electron chi connectivity index (χ0n) is 12.5. The van der Waals surface area contributed by atoms with Gasteiger partial charge in [-0.3, -0.25) is 4.90 Å². The molecule has 0 radical (unpaired) electrons. The van der Waals surface area contributed by atoms with Crippen LogP contribution in [0, 0.1) is 6.92 Å². The molecule has 108 valence electrons. The first kappa shape index (κ1) is 16.2. The molecule has 0 amide bonds. The van der Waals surface area contributed by atoms with Crippen molar-refractivity contribution in [1.29, 1.82) is 0 Å². The van der Waals surface area contributed by atoms with E-state index < -0.39 is 0 Å². The van der Waals surface area contributed by atoms with Gasteiger partial charge in [0.1, 0.15) is 0 Å². The number of aryl methyl sites for hydroxylation is 1. The number of aliphatic hydroxyl groups excluding tert-OH is 1. The minimum atomic E-state index is 0.179. The first-order chi connectivity index (χ1) is 9.19. The van der Waals surface area contributed by atoms with Crippen LogP contribution in [0.3, 0.4) is 0 Å². The molecule has 0 fully saturated rings. The fourth-order valence-electron chi connectivity index (χ4n) is 2.87. The highest BCUT2D eigenvalue weighted by atomic mass is 16.3. The van der Waals surface area contributed by atoms with Crippen LogP contribution in [0.2, 0.25) is 0 Å². The van der Waals surface area contributed by atoms with Gasteiger partial charge >= 0.3 is 0 Å². The molecule has 0 aliphatic rings. The lowest BCUT2D eigenvalue weighted by atomic mass is 9.97. The minimum Gasteiger partial charge on any atom is -0.395 e. The molecule has 0 aromatic heterocycles. The van der Waals surface area contributed by atoms with Gasteiger partial charge in [-0.15, -0.1) is 0 Å². The van der Waals surface area contributed by atoms with E-state index in [1.165, 1.54) is 11.1 Å². The molecule has 0 bridgehead atoms. The smallest absolute Gasteiger partial charge is 0.0558 e. The summed E-state index contributed by atoms with van der Waals surface area (Å²) in [5.74, 6) is 0. The Balaban J connectivity index is 3.06. The predicted octanol–water partition coefficient (Wildman–Crippen LogP) is 2.48. The number of benzene rings is 1. The Hall–Kier alpha value is -0.900. The van der Waals surface area contributed by atoms with Gasteiger partial charge in [-0.2, -0.15) is 0 Å². The van der Waals surface area contributed by atoms with E-state index in [1.54, 1.807) is 0 Å². The van der Waals surface area contributed by atoms with Gasteiger partial charge in [-0.25, -0.2) is 0 Å². The highest BCUT2D eigenvalue weighted by molar-refractivity contribution is 5.29. The molecular weight excluding hydrogens is 236 g/mol. The fourth-order valence-corrected chi connectivity index (χ4v) is 2.87. The number of aliphatic hydroxyl groups is 1. The summed E-state index contributed by atoms with van der Waals surface area (Å²) in [7, 11) is 0. The Labute approximate surface area is 117 Å². The van der Waals surface area contributed by atoms with Crippen LogP contribution in [-0.4, -0.2) is 35.7 Å². The fraction of sp³-hybridized carbons (Fsp3) is 0.625.